The molecule has 0 saturated heterocycles. The first-order chi connectivity index (χ1) is 11.5. The molecule has 1 aliphatic carbocycles. The van der Waals surface area contributed by atoms with Gasteiger partial charge in [0.1, 0.15) is 0 Å². The van der Waals surface area contributed by atoms with E-state index >= 15 is 0 Å². The number of aliphatic hydroxyl groups is 1. The first-order valence-electron chi connectivity index (χ1n) is 8.00. The molecule has 0 unspecified atom stereocenters. The molecule has 0 bridgehead atoms. The Morgan fingerprint density at radius 1 is 1.28 bits per heavy atom. The lowest BCUT2D eigenvalue weighted by atomic mass is 10.1. The van der Waals surface area contributed by atoms with Gasteiger partial charge in [-0.2, -0.15) is 18.3 Å². The van der Waals surface area contributed by atoms with Gasteiger partial charge >= 0.3 is 6.18 Å². The van der Waals surface area contributed by atoms with Crippen molar-refractivity contribution < 1.29 is 18.3 Å². The minimum absolute atomic E-state index is 0.0477. The first kappa shape index (κ1) is 17.7. The molecule has 25 heavy (non-hydrogen) atoms. The molecule has 9 heteroatoms. The van der Waals surface area contributed by atoms with E-state index in [0.717, 1.165) is 11.9 Å². The van der Waals surface area contributed by atoms with Gasteiger partial charge < -0.3 is 10.4 Å². The smallest absolute Gasteiger partial charge is 0.389 e. The van der Waals surface area contributed by atoms with Crippen molar-refractivity contribution in [1.29, 1.82) is 0 Å². The van der Waals surface area contributed by atoms with Gasteiger partial charge in [-0.25, -0.2) is 9.97 Å². The molecule has 0 spiro atoms. The summed E-state index contributed by atoms with van der Waals surface area (Å²) in [6.45, 7) is 5.43. The Labute approximate surface area is 143 Å². The van der Waals surface area contributed by atoms with Crippen molar-refractivity contribution in [3.8, 4) is 0 Å². The molecule has 2 N–H and O–H groups in total. The molecule has 1 fully saturated rings. The van der Waals surface area contributed by atoms with E-state index in [1.165, 1.54) is 0 Å². The number of rotatable bonds is 5. The lowest BCUT2D eigenvalue weighted by Crippen LogP contribution is -2.27. The molecule has 2 aromatic rings. The molecular formula is C16H20F3N5O. The standard InChI is InChI=1S/C16H20F3N5O/c1-9-12(7-21-24(9)8-15(2,3)25)22-14-20-6-11(16(17,18)19)13(23-14)10-4-5-10/h6-7,10,25H,4-5,8H2,1-3H3,(H,20,22,23). The molecule has 1 saturated carbocycles. The van der Waals surface area contributed by atoms with Crippen LogP contribution in [-0.2, 0) is 12.7 Å². The second kappa shape index (κ2) is 5.98. The molecule has 2 aromatic heterocycles. The molecule has 1 aliphatic rings. The minimum Gasteiger partial charge on any atom is -0.389 e. The lowest BCUT2D eigenvalue weighted by molar-refractivity contribution is -0.138. The number of nitrogens with one attached hydrogen (secondary N) is 1. The zero-order valence-electron chi connectivity index (χ0n) is 14.2. The Hall–Kier alpha value is -2.16. The molecular weight excluding hydrogens is 335 g/mol. The topological polar surface area (TPSA) is 75.9 Å². The summed E-state index contributed by atoms with van der Waals surface area (Å²) in [5.74, 6) is -0.0417. The van der Waals surface area contributed by atoms with Gasteiger partial charge in [-0.3, -0.25) is 4.68 Å². The zero-order chi connectivity index (χ0) is 18.4. The highest BCUT2D eigenvalue weighted by molar-refractivity contribution is 5.55. The molecule has 136 valence electrons. The van der Waals surface area contributed by atoms with Gasteiger partial charge in [-0.05, 0) is 33.6 Å². The molecule has 0 aliphatic heterocycles. The predicted octanol–water partition coefficient (Wildman–Crippen LogP) is 3.39. The van der Waals surface area contributed by atoms with E-state index in [-0.39, 0.29) is 17.6 Å². The number of anilines is 2. The Kier molecular flexibility index (Phi) is 4.22. The van der Waals surface area contributed by atoms with E-state index in [0.29, 0.717) is 25.1 Å². The van der Waals surface area contributed by atoms with E-state index in [2.05, 4.69) is 20.4 Å². The van der Waals surface area contributed by atoms with Gasteiger partial charge in [0, 0.05) is 12.1 Å². The van der Waals surface area contributed by atoms with Crippen LogP contribution in [0.5, 0.6) is 0 Å². The summed E-state index contributed by atoms with van der Waals surface area (Å²) in [6.07, 6.45) is -0.660. The van der Waals surface area contributed by atoms with Crippen LogP contribution >= 0.6 is 0 Å². The highest BCUT2D eigenvalue weighted by Crippen LogP contribution is 2.45. The Morgan fingerprint density at radius 3 is 2.52 bits per heavy atom. The van der Waals surface area contributed by atoms with Crippen molar-refractivity contribution in [2.24, 2.45) is 0 Å². The van der Waals surface area contributed by atoms with Crippen molar-refractivity contribution in [3.05, 3.63) is 29.3 Å². The van der Waals surface area contributed by atoms with E-state index in [9.17, 15) is 18.3 Å². The number of halogens is 3. The van der Waals surface area contributed by atoms with Crippen molar-refractivity contribution in [2.75, 3.05) is 5.32 Å². The second-order valence-corrected chi connectivity index (χ2v) is 7.00. The van der Waals surface area contributed by atoms with Gasteiger partial charge in [0.2, 0.25) is 5.95 Å². The van der Waals surface area contributed by atoms with Gasteiger partial charge in [0.15, 0.2) is 0 Å². The van der Waals surface area contributed by atoms with E-state index in [1.54, 1.807) is 31.6 Å². The number of hydrogen-bond acceptors (Lipinski definition) is 5. The second-order valence-electron chi connectivity index (χ2n) is 7.00. The summed E-state index contributed by atoms with van der Waals surface area (Å²) < 4.78 is 40.9. The number of nitrogens with zero attached hydrogens (tertiary/aromatic N) is 4. The number of aromatic nitrogens is 4. The van der Waals surface area contributed by atoms with Crippen LogP contribution in [0.3, 0.4) is 0 Å². The zero-order valence-corrected chi connectivity index (χ0v) is 14.2. The fraction of sp³-hybridized carbons (Fsp3) is 0.562. The maximum Gasteiger partial charge on any atom is 0.419 e. The third kappa shape index (κ3) is 4.09. The summed E-state index contributed by atoms with van der Waals surface area (Å²) >= 11 is 0. The first-order valence-corrected chi connectivity index (χ1v) is 8.00. The maximum atomic E-state index is 13.1. The normalized spacial score (nSPS) is 15.5. The lowest BCUT2D eigenvalue weighted by Gasteiger charge is -2.18. The quantitative estimate of drug-likeness (QED) is 0.860. The van der Waals surface area contributed by atoms with E-state index in [1.807, 2.05) is 0 Å². The summed E-state index contributed by atoms with van der Waals surface area (Å²) in [5, 5.41) is 17.0. The van der Waals surface area contributed by atoms with Gasteiger partial charge in [-0.1, -0.05) is 0 Å². The van der Waals surface area contributed by atoms with Crippen LogP contribution in [0.15, 0.2) is 12.4 Å². The van der Waals surface area contributed by atoms with Crippen molar-refractivity contribution >= 4 is 11.6 Å². The third-order valence-electron chi connectivity index (χ3n) is 3.97. The molecule has 0 radical (unpaired) electrons. The molecule has 0 atom stereocenters. The molecule has 3 rings (SSSR count). The van der Waals surface area contributed by atoms with Crippen LogP contribution in [-0.4, -0.2) is 30.5 Å². The number of alkyl halides is 3. The minimum atomic E-state index is -4.45. The SMILES string of the molecule is Cc1c(Nc2ncc(C(F)(F)F)c(C3CC3)n2)cnn1CC(C)(C)O. The Bertz CT molecular complexity index is 775. The fourth-order valence-electron chi connectivity index (χ4n) is 2.56. The maximum absolute atomic E-state index is 13.1. The van der Waals surface area contributed by atoms with Crippen molar-refractivity contribution in [1.82, 2.24) is 19.7 Å². The van der Waals surface area contributed by atoms with E-state index in [4.69, 9.17) is 0 Å². The average Bonchev–Trinajstić information content (AvgIpc) is 3.27. The van der Waals surface area contributed by atoms with Crippen molar-refractivity contribution in [3.63, 3.8) is 0 Å². The monoisotopic (exact) mass is 355 g/mol. The van der Waals surface area contributed by atoms with Crippen LogP contribution in [0.2, 0.25) is 0 Å². The van der Waals surface area contributed by atoms with E-state index < -0.39 is 17.3 Å². The summed E-state index contributed by atoms with van der Waals surface area (Å²) in [7, 11) is 0. The highest BCUT2D eigenvalue weighted by atomic mass is 19.4. The largest absolute Gasteiger partial charge is 0.419 e. The van der Waals surface area contributed by atoms with Crippen LogP contribution in [0.25, 0.3) is 0 Å². The third-order valence-corrected chi connectivity index (χ3v) is 3.97. The summed E-state index contributed by atoms with van der Waals surface area (Å²) in [4.78, 5) is 7.90. The summed E-state index contributed by atoms with van der Waals surface area (Å²) in [5.41, 5.74) is -0.330. The molecule has 0 amide bonds. The predicted molar refractivity (Wildman–Crippen MR) is 85.6 cm³/mol. The van der Waals surface area contributed by atoms with Crippen LogP contribution < -0.4 is 5.32 Å². The Morgan fingerprint density at radius 2 is 1.96 bits per heavy atom. The van der Waals surface area contributed by atoms with Crippen LogP contribution in [0, 0.1) is 6.92 Å². The molecule has 6 nitrogen and oxygen atoms in total. The summed E-state index contributed by atoms with van der Waals surface area (Å²) in [6, 6.07) is 0. The fourth-order valence-corrected chi connectivity index (χ4v) is 2.56. The van der Waals surface area contributed by atoms with Crippen LogP contribution in [0.1, 0.15) is 49.6 Å². The molecule has 0 aromatic carbocycles. The van der Waals surface area contributed by atoms with Crippen LogP contribution in [0.4, 0.5) is 24.8 Å². The molecule has 2 heterocycles. The highest BCUT2D eigenvalue weighted by Gasteiger charge is 2.40. The Balaban J connectivity index is 1.85. The van der Waals surface area contributed by atoms with Crippen molar-refractivity contribution in [2.45, 2.75) is 57.9 Å². The van der Waals surface area contributed by atoms with Gasteiger partial charge in [0.25, 0.3) is 0 Å². The average molecular weight is 355 g/mol. The van der Waals surface area contributed by atoms with Gasteiger partial charge in [-0.15, -0.1) is 0 Å². The van der Waals surface area contributed by atoms with Gasteiger partial charge in [0.05, 0.1) is 41.0 Å². The number of hydrogen-bond donors (Lipinski definition) is 2.